The van der Waals surface area contributed by atoms with Crippen LogP contribution in [-0.4, -0.2) is 37.1 Å². The van der Waals surface area contributed by atoms with Crippen LogP contribution in [-0.2, 0) is 0 Å². The summed E-state index contributed by atoms with van der Waals surface area (Å²) in [7, 11) is 2.19. The first kappa shape index (κ1) is 11.6. The number of rotatable bonds is 4. The van der Waals surface area contributed by atoms with Crippen LogP contribution >= 0.6 is 0 Å². The van der Waals surface area contributed by atoms with Crippen LogP contribution in [0.2, 0.25) is 0 Å². The molecule has 0 spiro atoms. The molecule has 0 bridgehead atoms. The van der Waals surface area contributed by atoms with Crippen molar-refractivity contribution in [2.24, 2.45) is 0 Å². The molecule has 2 heteroatoms. The molecule has 0 aromatic carbocycles. The maximum Gasteiger partial charge on any atom is 0.0240 e. The zero-order chi connectivity index (χ0) is 10.4. The minimum absolute atomic E-state index is 0.522. The summed E-state index contributed by atoms with van der Waals surface area (Å²) in [4.78, 5) is 2.39. The topological polar surface area (TPSA) is 15.3 Å². The molecule has 0 aromatic heterocycles. The average molecular weight is 194 g/mol. The molecule has 0 aromatic rings. The fraction of sp³-hybridized carbons (Fsp3) is 0.833. The van der Waals surface area contributed by atoms with Gasteiger partial charge in [-0.1, -0.05) is 6.92 Å². The molecular formula is C12H22N2. The molecule has 0 radical (unpaired) electrons. The second kappa shape index (κ2) is 6.06. The number of nitrogens with zero attached hydrogens (tertiary/aromatic N) is 1. The number of hydrogen-bond donors (Lipinski definition) is 1. The van der Waals surface area contributed by atoms with Crippen LogP contribution in [0.4, 0.5) is 0 Å². The summed E-state index contributed by atoms with van der Waals surface area (Å²) in [6.45, 7) is 4.62. The third kappa shape index (κ3) is 3.69. The molecule has 1 heterocycles. The molecule has 1 saturated heterocycles. The summed E-state index contributed by atoms with van der Waals surface area (Å²) in [5.41, 5.74) is 0. The Morgan fingerprint density at radius 1 is 1.50 bits per heavy atom. The van der Waals surface area contributed by atoms with Gasteiger partial charge in [-0.25, -0.2) is 0 Å². The highest BCUT2D eigenvalue weighted by Crippen LogP contribution is 2.10. The maximum atomic E-state index is 5.33. The smallest absolute Gasteiger partial charge is 0.0240 e. The van der Waals surface area contributed by atoms with Crippen LogP contribution in [0.1, 0.15) is 32.6 Å². The Labute approximate surface area is 88.1 Å². The fourth-order valence-electron chi connectivity index (χ4n) is 1.97. The second-order valence-corrected chi connectivity index (χ2v) is 4.26. The van der Waals surface area contributed by atoms with Crippen molar-refractivity contribution in [3.63, 3.8) is 0 Å². The van der Waals surface area contributed by atoms with Crippen molar-refractivity contribution in [2.75, 3.05) is 20.1 Å². The Balaban J connectivity index is 2.25. The third-order valence-electron chi connectivity index (χ3n) is 3.05. The third-order valence-corrected chi connectivity index (χ3v) is 3.05. The molecular weight excluding hydrogens is 172 g/mol. The highest BCUT2D eigenvalue weighted by Gasteiger charge is 2.18. The maximum absolute atomic E-state index is 5.33. The second-order valence-electron chi connectivity index (χ2n) is 4.26. The largest absolute Gasteiger partial charge is 0.310 e. The van der Waals surface area contributed by atoms with Crippen LogP contribution in [0.5, 0.6) is 0 Å². The van der Waals surface area contributed by atoms with Gasteiger partial charge >= 0.3 is 0 Å². The molecule has 1 fully saturated rings. The summed E-state index contributed by atoms with van der Waals surface area (Å²) >= 11 is 0. The van der Waals surface area contributed by atoms with E-state index < -0.39 is 0 Å². The molecule has 1 N–H and O–H groups in total. The predicted octanol–water partition coefficient (Wildman–Crippen LogP) is 1.47. The van der Waals surface area contributed by atoms with E-state index in [1.807, 2.05) is 0 Å². The van der Waals surface area contributed by atoms with E-state index >= 15 is 0 Å². The van der Waals surface area contributed by atoms with E-state index in [1.165, 1.54) is 25.9 Å². The van der Waals surface area contributed by atoms with E-state index in [0.29, 0.717) is 12.1 Å². The minimum Gasteiger partial charge on any atom is -0.310 e. The Morgan fingerprint density at radius 3 is 2.64 bits per heavy atom. The number of hydrogen-bond acceptors (Lipinski definition) is 2. The molecule has 0 saturated carbocycles. The standard InChI is InChI=1S/C12H22N2/c1-4-6-11(5-2)13-12-7-9-14(3)10-8-12/h1,11-13H,5-10H2,2-3H3. The van der Waals surface area contributed by atoms with Gasteiger partial charge in [0.2, 0.25) is 0 Å². The van der Waals surface area contributed by atoms with Gasteiger partial charge in [-0.05, 0) is 39.4 Å². The Kier molecular flexibility index (Phi) is 5.00. The molecule has 1 rings (SSSR count). The van der Waals surface area contributed by atoms with Crippen LogP contribution < -0.4 is 5.32 Å². The van der Waals surface area contributed by atoms with Crippen LogP contribution in [0.3, 0.4) is 0 Å². The Bertz CT molecular complexity index is 187. The molecule has 0 amide bonds. The van der Waals surface area contributed by atoms with Gasteiger partial charge in [-0.2, -0.15) is 0 Å². The zero-order valence-electron chi connectivity index (χ0n) is 9.42. The summed E-state index contributed by atoms with van der Waals surface area (Å²) < 4.78 is 0. The summed E-state index contributed by atoms with van der Waals surface area (Å²) in [5, 5.41) is 3.66. The van der Waals surface area contributed by atoms with Crippen molar-refractivity contribution >= 4 is 0 Å². The van der Waals surface area contributed by atoms with E-state index in [-0.39, 0.29) is 0 Å². The minimum atomic E-state index is 0.522. The van der Waals surface area contributed by atoms with Crippen molar-refractivity contribution in [2.45, 2.75) is 44.7 Å². The van der Waals surface area contributed by atoms with E-state index in [0.717, 1.165) is 12.8 Å². The molecule has 14 heavy (non-hydrogen) atoms. The number of nitrogens with one attached hydrogen (secondary N) is 1. The number of terminal acetylenes is 1. The summed E-state index contributed by atoms with van der Waals surface area (Å²) in [5.74, 6) is 2.74. The lowest BCUT2D eigenvalue weighted by Gasteiger charge is -2.32. The van der Waals surface area contributed by atoms with Crippen molar-refractivity contribution in [1.29, 1.82) is 0 Å². The predicted molar refractivity (Wildman–Crippen MR) is 61.2 cm³/mol. The monoisotopic (exact) mass is 194 g/mol. The quantitative estimate of drug-likeness (QED) is 0.682. The molecule has 1 atom stereocenters. The first-order valence-electron chi connectivity index (χ1n) is 5.64. The van der Waals surface area contributed by atoms with Gasteiger partial charge in [0.25, 0.3) is 0 Å². The molecule has 0 aliphatic carbocycles. The highest BCUT2D eigenvalue weighted by atomic mass is 15.1. The van der Waals surface area contributed by atoms with Gasteiger partial charge in [0.15, 0.2) is 0 Å². The molecule has 80 valence electrons. The van der Waals surface area contributed by atoms with Crippen molar-refractivity contribution < 1.29 is 0 Å². The first-order valence-corrected chi connectivity index (χ1v) is 5.64. The molecule has 1 aliphatic rings. The van der Waals surface area contributed by atoms with Gasteiger partial charge in [-0.3, -0.25) is 0 Å². The summed E-state index contributed by atoms with van der Waals surface area (Å²) in [6.07, 6.45) is 9.86. The summed E-state index contributed by atoms with van der Waals surface area (Å²) in [6, 6.07) is 1.21. The fourth-order valence-corrected chi connectivity index (χ4v) is 1.97. The molecule has 1 unspecified atom stereocenters. The zero-order valence-corrected chi connectivity index (χ0v) is 9.42. The number of likely N-dealkylation sites (tertiary alicyclic amines) is 1. The Morgan fingerprint density at radius 2 is 2.14 bits per heavy atom. The van der Waals surface area contributed by atoms with E-state index in [4.69, 9.17) is 6.42 Å². The van der Waals surface area contributed by atoms with Crippen LogP contribution in [0, 0.1) is 12.3 Å². The van der Waals surface area contributed by atoms with Gasteiger partial charge < -0.3 is 10.2 Å². The van der Waals surface area contributed by atoms with Crippen molar-refractivity contribution in [3.05, 3.63) is 0 Å². The van der Waals surface area contributed by atoms with Crippen molar-refractivity contribution in [3.8, 4) is 12.3 Å². The van der Waals surface area contributed by atoms with Gasteiger partial charge in [0.1, 0.15) is 0 Å². The SMILES string of the molecule is C#CCC(CC)NC1CCN(C)CC1. The van der Waals surface area contributed by atoms with E-state index in [9.17, 15) is 0 Å². The lowest BCUT2D eigenvalue weighted by molar-refractivity contribution is 0.223. The van der Waals surface area contributed by atoms with Gasteiger partial charge in [0.05, 0.1) is 0 Å². The van der Waals surface area contributed by atoms with Gasteiger partial charge in [0, 0.05) is 18.5 Å². The Hall–Kier alpha value is -0.520. The van der Waals surface area contributed by atoms with E-state index in [1.54, 1.807) is 0 Å². The van der Waals surface area contributed by atoms with E-state index in [2.05, 4.69) is 30.1 Å². The highest BCUT2D eigenvalue weighted by molar-refractivity contribution is 4.91. The molecule has 2 nitrogen and oxygen atoms in total. The lowest BCUT2D eigenvalue weighted by Crippen LogP contribution is -2.44. The van der Waals surface area contributed by atoms with Crippen LogP contribution in [0.25, 0.3) is 0 Å². The lowest BCUT2D eigenvalue weighted by atomic mass is 10.0. The van der Waals surface area contributed by atoms with Crippen LogP contribution in [0.15, 0.2) is 0 Å². The van der Waals surface area contributed by atoms with Gasteiger partial charge in [-0.15, -0.1) is 12.3 Å². The molecule has 1 aliphatic heterocycles. The average Bonchev–Trinajstić information content (AvgIpc) is 2.20. The number of piperidine rings is 1. The normalized spacial score (nSPS) is 21.8. The first-order chi connectivity index (χ1) is 6.76. The van der Waals surface area contributed by atoms with Crippen molar-refractivity contribution in [1.82, 2.24) is 10.2 Å².